The molecule has 3 heterocycles. The minimum Gasteiger partial charge on any atom is -0.381 e. The fourth-order valence-corrected chi connectivity index (χ4v) is 4.95. The first-order chi connectivity index (χ1) is 15.4. The molecule has 7 nitrogen and oxygen atoms in total. The number of hydrogen-bond donors (Lipinski definition) is 0. The van der Waals surface area contributed by atoms with Crippen LogP contribution in [0.4, 0.5) is 0 Å². The van der Waals surface area contributed by atoms with E-state index >= 15 is 0 Å². The molecule has 4 rings (SSSR count). The Balaban J connectivity index is 1.33. The number of carbonyl (C=O) groups excluding carboxylic acids is 1. The van der Waals surface area contributed by atoms with E-state index in [1.807, 2.05) is 27.0 Å². The van der Waals surface area contributed by atoms with E-state index in [1.165, 1.54) is 6.42 Å². The van der Waals surface area contributed by atoms with Crippen molar-refractivity contribution in [3.63, 3.8) is 0 Å². The summed E-state index contributed by atoms with van der Waals surface area (Å²) in [5, 5.41) is 4.37. The molecule has 0 spiro atoms. The van der Waals surface area contributed by atoms with E-state index in [-0.39, 0.29) is 23.9 Å². The summed E-state index contributed by atoms with van der Waals surface area (Å²) < 4.78 is 22.9. The summed E-state index contributed by atoms with van der Waals surface area (Å²) in [5.41, 5.74) is 0.276. The van der Waals surface area contributed by atoms with Crippen molar-refractivity contribution in [2.45, 2.75) is 88.9 Å². The first-order valence-electron chi connectivity index (χ1n) is 12.4. The van der Waals surface area contributed by atoms with Crippen LogP contribution in [0.1, 0.15) is 76.7 Å². The molecule has 1 atom stereocenters. The number of hydrogen-bond acceptors (Lipinski definition) is 7. The third kappa shape index (κ3) is 5.44. The molecule has 0 amide bonds. The maximum Gasteiger partial charge on any atom is 0.160 e. The normalized spacial score (nSPS) is 24.4. The Hall–Kier alpha value is -1.28. The predicted molar refractivity (Wildman–Crippen MR) is 121 cm³/mol. The monoisotopic (exact) mass is 448 g/mol. The van der Waals surface area contributed by atoms with E-state index in [0.717, 1.165) is 77.0 Å². The Morgan fingerprint density at radius 2 is 1.97 bits per heavy atom. The predicted octanol–water partition coefficient (Wildman–Crippen LogP) is 3.89. The van der Waals surface area contributed by atoms with Gasteiger partial charge in [-0.15, -0.1) is 0 Å². The molecule has 1 aliphatic carbocycles. The van der Waals surface area contributed by atoms with Gasteiger partial charge in [-0.25, -0.2) is 0 Å². The maximum absolute atomic E-state index is 13.2. The van der Waals surface area contributed by atoms with Crippen molar-refractivity contribution in [2.24, 2.45) is 5.92 Å². The largest absolute Gasteiger partial charge is 0.381 e. The van der Waals surface area contributed by atoms with Gasteiger partial charge in [-0.1, -0.05) is 11.6 Å². The number of rotatable bonds is 10. The molecule has 0 aromatic carbocycles. The topological polar surface area (TPSA) is 74.0 Å². The van der Waals surface area contributed by atoms with Gasteiger partial charge in [-0.2, -0.15) is 0 Å². The Kier molecular flexibility index (Phi) is 7.70. The van der Waals surface area contributed by atoms with E-state index in [2.05, 4.69) is 10.1 Å². The van der Waals surface area contributed by atoms with Gasteiger partial charge in [-0.3, -0.25) is 9.69 Å². The van der Waals surface area contributed by atoms with Crippen LogP contribution >= 0.6 is 0 Å². The molecule has 2 aliphatic heterocycles. The molecule has 1 saturated carbocycles. The second-order valence-electron chi connectivity index (χ2n) is 10.5. The SMILES string of the molecule is CN(CC1CCOCC1)C(C)(C)C(=O)Cc1cc(C2(COC3CCCCO3)CCC2)no1. The zero-order valence-electron chi connectivity index (χ0n) is 20.1. The van der Waals surface area contributed by atoms with Crippen LogP contribution in [-0.4, -0.2) is 67.7 Å². The lowest BCUT2D eigenvalue weighted by Crippen LogP contribution is -2.50. The van der Waals surface area contributed by atoms with Gasteiger partial charge in [0.15, 0.2) is 12.1 Å². The molecule has 0 radical (unpaired) electrons. The summed E-state index contributed by atoms with van der Waals surface area (Å²) in [4.78, 5) is 15.4. The Labute approximate surface area is 192 Å². The molecule has 180 valence electrons. The van der Waals surface area contributed by atoms with E-state index in [1.54, 1.807) is 0 Å². The van der Waals surface area contributed by atoms with Crippen molar-refractivity contribution in [1.82, 2.24) is 10.1 Å². The summed E-state index contributed by atoms with van der Waals surface area (Å²) in [6.07, 6.45) is 8.79. The van der Waals surface area contributed by atoms with Crippen molar-refractivity contribution in [2.75, 3.05) is 40.0 Å². The second kappa shape index (κ2) is 10.3. The number of likely N-dealkylation sites (N-methyl/N-ethyl adjacent to an activating group) is 1. The van der Waals surface area contributed by atoms with Crippen LogP contribution in [0.25, 0.3) is 0 Å². The molecule has 2 saturated heterocycles. The van der Waals surface area contributed by atoms with Crippen molar-refractivity contribution in [3.8, 4) is 0 Å². The minimum absolute atomic E-state index is 0.0961. The highest BCUT2D eigenvalue weighted by Gasteiger charge is 2.43. The number of ketones is 1. The van der Waals surface area contributed by atoms with Gasteiger partial charge >= 0.3 is 0 Å². The Morgan fingerprint density at radius 1 is 1.19 bits per heavy atom. The molecule has 1 unspecified atom stereocenters. The molecule has 7 heteroatoms. The van der Waals surface area contributed by atoms with Gasteiger partial charge < -0.3 is 18.7 Å². The third-order valence-corrected chi connectivity index (χ3v) is 7.94. The Bertz CT molecular complexity index is 745. The molecule has 3 aliphatic rings. The van der Waals surface area contributed by atoms with Crippen LogP contribution in [0.2, 0.25) is 0 Å². The zero-order valence-corrected chi connectivity index (χ0v) is 20.1. The first kappa shape index (κ1) is 23.9. The number of aromatic nitrogens is 1. The quantitative estimate of drug-likeness (QED) is 0.538. The number of nitrogens with zero attached hydrogens (tertiary/aromatic N) is 2. The summed E-state index contributed by atoms with van der Waals surface area (Å²) in [7, 11) is 2.05. The molecule has 1 aromatic rings. The van der Waals surface area contributed by atoms with Crippen LogP contribution in [0.3, 0.4) is 0 Å². The average Bonchev–Trinajstić information content (AvgIpc) is 3.23. The molecule has 3 fully saturated rings. The van der Waals surface area contributed by atoms with Crippen LogP contribution < -0.4 is 0 Å². The standard InChI is InChI=1S/C25H40N2O5/c1-24(2,27(3)17-19-8-13-29-14-9-19)22(28)16-20-15-21(26-32-20)25(10-6-11-25)18-31-23-7-4-5-12-30-23/h15,19,23H,4-14,16-18H2,1-3H3. The molecule has 32 heavy (non-hydrogen) atoms. The number of carbonyl (C=O) groups is 1. The number of ether oxygens (including phenoxy) is 3. The lowest BCUT2D eigenvalue weighted by Gasteiger charge is -2.40. The first-order valence-corrected chi connectivity index (χ1v) is 12.4. The van der Waals surface area contributed by atoms with Gasteiger partial charge in [0.1, 0.15) is 5.76 Å². The summed E-state index contributed by atoms with van der Waals surface area (Å²) >= 11 is 0. The highest BCUT2D eigenvalue weighted by Crippen LogP contribution is 2.44. The van der Waals surface area contributed by atoms with Gasteiger partial charge in [0.2, 0.25) is 0 Å². The number of Topliss-reactive ketones (excluding diaryl/α,β-unsaturated/α-hetero) is 1. The van der Waals surface area contributed by atoms with Gasteiger partial charge in [-0.05, 0) is 71.8 Å². The van der Waals surface area contributed by atoms with Crippen molar-refractivity contribution in [1.29, 1.82) is 0 Å². The van der Waals surface area contributed by atoms with Crippen LogP contribution in [0.5, 0.6) is 0 Å². The smallest absolute Gasteiger partial charge is 0.160 e. The second-order valence-corrected chi connectivity index (χ2v) is 10.5. The van der Waals surface area contributed by atoms with Crippen LogP contribution in [0, 0.1) is 5.92 Å². The molecular weight excluding hydrogens is 408 g/mol. The molecular formula is C25H40N2O5. The fourth-order valence-electron chi connectivity index (χ4n) is 4.95. The maximum atomic E-state index is 13.2. The lowest BCUT2D eigenvalue weighted by molar-refractivity contribution is -0.177. The van der Waals surface area contributed by atoms with E-state index in [0.29, 0.717) is 18.3 Å². The fraction of sp³-hybridized carbons (Fsp3) is 0.840. The van der Waals surface area contributed by atoms with E-state index in [9.17, 15) is 4.79 Å². The lowest BCUT2D eigenvalue weighted by atomic mass is 9.67. The van der Waals surface area contributed by atoms with Crippen LogP contribution in [0.15, 0.2) is 10.6 Å². The van der Waals surface area contributed by atoms with E-state index in [4.69, 9.17) is 18.7 Å². The van der Waals surface area contributed by atoms with Gasteiger partial charge in [0, 0.05) is 37.8 Å². The van der Waals surface area contributed by atoms with Gasteiger partial charge in [0.25, 0.3) is 0 Å². The van der Waals surface area contributed by atoms with Crippen molar-refractivity contribution in [3.05, 3.63) is 17.5 Å². The summed E-state index contributed by atoms with van der Waals surface area (Å²) in [5.74, 6) is 1.39. The van der Waals surface area contributed by atoms with Gasteiger partial charge in [0.05, 0.1) is 24.3 Å². The molecule has 0 N–H and O–H groups in total. The molecule has 1 aromatic heterocycles. The van der Waals surface area contributed by atoms with E-state index < -0.39 is 5.54 Å². The summed E-state index contributed by atoms with van der Waals surface area (Å²) in [6.45, 7) is 7.98. The highest BCUT2D eigenvalue weighted by molar-refractivity contribution is 5.89. The zero-order chi connectivity index (χ0) is 22.6. The summed E-state index contributed by atoms with van der Waals surface area (Å²) in [6, 6.07) is 1.98. The average molecular weight is 449 g/mol. The highest BCUT2D eigenvalue weighted by atomic mass is 16.7. The van der Waals surface area contributed by atoms with Crippen LogP contribution in [-0.2, 0) is 30.8 Å². The van der Waals surface area contributed by atoms with Crippen molar-refractivity contribution >= 4 is 5.78 Å². The minimum atomic E-state index is -0.555. The van der Waals surface area contributed by atoms with Crippen molar-refractivity contribution < 1.29 is 23.5 Å². The third-order valence-electron chi connectivity index (χ3n) is 7.94. The molecule has 0 bridgehead atoms. The Morgan fingerprint density at radius 3 is 2.62 bits per heavy atom.